The van der Waals surface area contributed by atoms with E-state index in [9.17, 15) is 13.5 Å². The van der Waals surface area contributed by atoms with Crippen LogP contribution in [0.15, 0.2) is 12.3 Å². The highest BCUT2D eigenvalue weighted by molar-refractivity contribution is 7.91. The quantitative estimate of drug-likeness (QED) is 0.884. The van der Waals surface area contributed by atoms with Crippen LogP contribution in [-0.2, 0) is 22.8 Å². The number of hydrogen-bond acceptors (Lipinski definition) is 3. The number of sulfone groups is 1. The Morgan fingerprint density at radius 3 is 3.00 bits per heavy atom. The molecule has 0 amide bonds. The molecule has 0 spiro atoms. The summed E-state index contributed by atoms with van der Waals surface area (Å²) in [6, 6.07) is 1.91. The van der Waals surface area contributed by atoms with E-state index >= 15 is 0 Å². The number of aliphatic hydroxyl groups is 1. The first-order valence-corrected chi connectivity index (χ1v) is 7.92. The number of fused-ring (bicyclic) bond motifs is 1. The summed E-state index contributed by atoms with van der Waals surface area (Å²) in [4.78, 5) is 0. The van der Waals surface area contributed by atoms with Crippen molar-refractivity contribution in [2.75, 3.05) is 11.5 Å². The molecule has 0 aromatic carbocycles. The number of aryl methyl sites for hydroxylation is 1. The minimum Gasteiger partial charge on any atom is -0.388 e. The molecule has 1 aliphatic rings. The van der Waals surface area contributed by atoms with Gasteiger partial charge in [-0.05, 0) is 25.3 Å². The first-order valence-electron chi connectivity index (χ1n) is 6.10. The lowest BCUT2D eigenvalue weighted by molar-refractivity contribution is 0.155. The van der Waals surface area contributed by atoms with Gasteiger partial charge in [0, 0.05) is 29.8 Å². The van der Waals surface area contributed by atoms with Crippen molar-refractivity contribution in [3.05, 3.63) is 23.5 Å². The second-order valence-electron chi connectivity index (χ2n) is 4.56. The van der Waals surface area contributed by atoms with Crippen molar-refractivity contribution in [3.8, 4) is 0 Å². The molecular formula is C12H19NO3S. The predicted octanol–water partition coefficient (Wildman–Crippen LogP) is 1.29. The fourth-order valence-corrected chi connectivity index (χ4v) is 3.09. The summed E-state index contributed by atoms with van der Waals surface area (Å²) >= 11 is 0. The summed E-state index contributed by atoms with van der Waals surface area (Å²) in [7, 11) is -2.92. The normalized spacial score (nSPS) is 20.2. The molecule has 1 atom stereocenters. The smallest absolute Gasteiger partial charge is 0.151 e. The molecule has 0 radical (unpaired) electrons. The molecule has 1 unspecified atom stereocenters. The second kappa shape index (κ2) is 4.82. The minimum atomic E-state index is -2.92. The molecule has 0 fully saturated rings. The molecule has 0 saturated carbocycles. The number of nitrogens with zero attached hydrogens (tertiary/aromatic N) is 1. The second-order valence-corrected chi connectivity index (χ2v) is 7.03. The lowest BCUT2D eigenvalue weighted by Crippen LogP contribution is -2.17. The van der Waals surface area contributed by atoms with Gasteiger partial charge in [0.05, 0.1) is 11.9 Å². The molecule has 0 aliphatic heterocycles. The van der Waals surface area contributed by atoms with Crippen LogP contribution in [0.25, 0.3) is 0 Å². The molecule has 2 rings (SSSR count). The van der Waals surface area contributed by atoms with Gasteiger partial charge < -0.3 is 9.67 Å². The summed E-state index contributed by atoms with van der Waals surface area (Å²) in [6.45, 7) is 2.17. The monoisotopic (exact) mass is 257 g/mol. The van der Waals surface area contributed by atoms with Gasteiger partial charge in [-0.15, -0.1) is 0 Å². The van der Waals surface area contributed by atoms with Gasteiger partial charge in [-0.25, -0.2) is 8.42 Å². The third-order valence-corrected chi connectivity index (χ3v) is 5.13. The van der Waals surface area contributed by atoms with Crippen LogP contribution < -0.4 is 0 Å². The zero-order valence-electron chi connectivity index (χ0n) is 10.1. The number of hydrogen-bond donors (Lipinski definition) is 1. The molecule has 17 heavy (non-hydrogen) atoms. The largest absolute Gasteiger partial charge is 0.388 e. The van der Waals surface area contributed by atoms with Crippen molar-refractivity contribution in [1.29, 1.82) is 0 Å². The maximum atomic E-state index is 11.5. The van der Waals surface area contributed by atoms with E-state index in [1.165, 1.54) is 0 Å². The van der Waals surface area contributed by atoms with Crippen molar-refractivity contribution in [1.82, 2.24) is 4.57 Å². The summed E-state index contributed by atoms with van der Waals surface area (Å²) in [5.41, 5.74) is 2.08. The number of rotatable bonds is 4. The molecule has 0 bridgehead atoms. The highest BCUT2D eigenvalue weighted by Gasteiger charge is 2.21. The van der Waals surface area contributed by atoms with Crippen molar-refractivity contribution in [2.45, 2.75) is 38.8 Å². The Labute approximate surface area is 102 Å². The van der Waals surface area contributed by atoms with Crippen LogP contribution in [0.5, 0.6) is 0 Å². The van der Waals surface area contributed by atoms with E-state index in [0.29, 0.717) is 6.54 Å². The van der Waals surface area contributed by atoms with E-state index in [-0.39, 0.29) is 17.6 Å². The van der Waals surface area contributed by atoms with Gasteiger partial charge in [0.15, 0.2) is 9.84 Å². The van der Waals surface area contributed by atoms with E-state index in [4.69, 9.17) is 0 Å². The fourth-order valence-electron chi connectivity index (χ4n) is 2.32. The van der Waals surface area contributed by atoms with Gasteiger partial charge in [0.1, 0.15) is 0 Å². The van der Waals surface area contributed by atoms with Crippen molar-refractivity contribution in [3.63, 3.8) is 0 Å². The van der Waals surface area contributed by atoms with Crippen molar-refractivity contribution >= 4 is 9.84 Å². The molecule has 1 N–H and O–H groups in total. The molecule has 1 aromatic heterocycles. The summed E-state index contributed by atoms with van der Waals surface area (Å²) in [6.07, 6.45) is 4.24. The molecule has 1 heterocycles. The van der Waals surface area contributed by atoms with Crippen molar-refractivity contribution in [2.24, 2.45) is 0 Å². The maximum absolute atomic E-state index is 11.5. The molecular weight excluding hydrogens is 238 g/mol. The number of aromatic nitrogens is 1. The Bertz CT molecular complexity index is 490. The Morgan fingerprint density at radius 1 is 1.53 bits per heavy atom. The minimum absolute atomic E-state index is 0.181. The lowest BCUT2D eigenvalue weighted by Gasteiger charge is -2.20. The van der Waals surface area contributed by atoms with E-state index in [0.717, 1.165) is 30.5 Å². The van der Waals surface area contributed by atoms with Gasteiger partial charge in [-0.3, -0.25) is 0 Å². The van der Waals surface area contributed by atoms with Crippen LogP contribution in [0.1, 0.15) is 37.1 Å². The Hall–Kier alpha value is -0.810. The summed E-state index contributed by atoms with van der Waals surface area (Å²) in [5, 5.41) is 9.82. The Balaban J connectivity index is 2.13. The molecule has 0 saturated heterocycles. The van der Waals surface area contributed by atoms with Crippen LogP contribution >= 0.6 is 0 Å². The Kier molecular flexibility index (Phi) is 3.58. The van der Waals surface area contributed by atoms with E-state index < -0.39 is 9.84 Å². The molecule has 5 heteroatoms. The van der Waals surface area contributed by atoms with Gasteiger partial charge >= 0.3 is 0 Å². The first-order chi connectivity index (χ1) is 8.03. The van der Waals surface area contributed by atoms with Crippen LogP contribution in [0.3, 0.4) is 0 Å². The fraction of sp³-hybridized carbons (Fsp3) is 0.667. The zero-order valence-corrected chi connectivity index (χ0v) is 10.9. The molecule has 96 valence electrons. The summed E-state index contributed by atoms with van der Waals surface area (Å²) < 4.78 is 24.9. The SMILES string of the molecule is CCS(=O)(=O)CCn1ccc2c1CCCC2O. The summed E-state index contributed by atoms with van der Waals surface area (Å²) in [5.74, 6) is 0.375. The van der Waals surface area contributed by atoms with Crippen LogP contribution in [0.2, 0.25) is 0 Å². The van der Waals surface area contributed by atoms with E-state index in [1.807, 2.05) is 16.8 Å². The maximum Gasteiger partial charge on any atom is 0.151 e. The Morgan fingerprint density at radius 2 is 2.29 bits per heavy atom. The highest BCUT2D eigenvalue weighted by Crippen LogP contribution is 2.30. The van der Waals surface area contributed by atoms with Crippen molar-refractivity contribution < 1.29 is 13.5 Å². The van der Waals surface area contributed by atoms with Gasteiger partial charge in [-0.2, -0.15) is 0 Å². The number of aliphatic hydroxyl groups excluding tert-OH is 1. The van der Waals surface area contributed by atoms with Crippen LogP contribution in [0.4, 0.5) is 0 Å². The van der Waals surface area contributed by atoms with Gasteiger partial charge in [0.2, 0.25) is 0 Å². The average molecular weight is 257 g/mol. The standard InChI is InChI=1S/C12H19NO3S/c1-2-17(15,16)9-8-13-7-6-10-11(13)4-3-5-12(10)14/h6-7,12,14H,2-5,8-9H2,1H3. The topological polar surface area (TPSA) is 59.3 Å². The molecule has 4 nitrogen and oxygen atoms in total. The van der Waals surface area contributed by atoms with Gasteiger partial charge in [-0.1, -0.05) is 6.92 Å². The lowest BCUT2D eigenvalue weighted by atomic mass is 9.95. The third kappa shape index (κ3) is 2.72. The third-order valence-electron chi connectivity index (χ3n) is 3.45. The average Bonchev–Trinajstić information content (AvgIpc) is 2.71. The van der Waals surface area contributed by atoms with Crippen LogP contribution in [0, 0.1) is 0 Å². The predicted molar refractivity (Wildman–Crippen MR) is 66.7 cm³/mol. The van der Waals surface area contributed by atoms with Gasteiger partial charge in [0.25, 0.3) is 0 Å². The van der Waals surface area contributed by atoms with Crippen LogP contribution in [-0.4, -0.2) is 29.6 Å². The van der Waals surface area contributed by atoms with E-state index in [1.54, 1.807) is 6.92 Å². The van der Waals surface area contributed by atoms with E-state index in [2.05, 4.69) is 0 Å². The molecule has 1 aromatic rings. The zero-order chi connectivity index (χ0) is 12.5. The highest BCUT2D eigenvalue weighted by atomic mass is 32.2. The molecule has 1 aliphatic carbocycles. The first kappa shape index (κ1) is 12.6.